The molecular weight excluding hydrogens is 539 g/mol. The summed E-state index contributed by atoms with van der Waals surface area (Å²) in [5, 5.41) is 21.5. The number of carbonyl (C=O) groups is 2. The van der Waals surface area contributed by atoms with Gasteiger partial charge in [0.1, 0.15) is 23.8 Å². The van der Waals surface area contributed by atoms with Gasteiger partial charge in [0, 0.05) is 29.1 Å². The van der Waals surface area contributed by atoms with Crippen LogP contribution in [0.2, 0.25) is 0 Å². The Balaban J connectivity index is 1.17. The summed E-state index contributed by atoms with van der Waals surface area (Å²) >= 11 is 0. The molecule has 1 aliphatic heterocycles. The Morgan fingerprint density at radius 3 is 2.45 bits per heavy atom. The smallest absolute Gasteiger partial charge is 0.410 e. The van der Waals surface area contributed by atoms with Crippen molar-refractivity contribution in [1.82, 2.24) is 20.1 Å². The molecule has 2 aliphatic carbocycles. The predicted octanol–water partition coefficient (Wildman–Crippen LogP) is 4.38. The lowest BCUT2D eigenvalue weighted by Crippen LogP contribution is -2.58. The largest absolute Gasteiger partial charge is 0.448 e. The zero-order valence-corrected chi connectivity index (χ0v) is 23.6. The van der Waals surface area contributed by atoms with Crippen molar-refractivity contribution in [1.29, 1.82) is 0 Å². The number of aliphatic hydroxyl groups is 1. The predicted molar refractivity (Wildman–Crippen MR) is 153 cm³/mol. The first-order valence-corrected chi connectivity index (χ1v) is 14.5. The van der Waals surface area contributed by atoms with Crippen molar-refractivity contribution in [2.45, 2.75) is 69.1 Å². The minimum Gasteiger partial charge on any atom is -0.448 e. The van der Waals surface area contributed by atoms with Crippen molar-refractivity contribution in [3.05, 3.63) is 59.9 Å². The van der Waals surface area contributed by atoms with Crippen LogP contribution in [-0.4, -0.2) is 62.0 Å². The number of benzene rings is 2. The first kappa shape index (κ1) is 28.2. The third kappa shape index (κ3) is 5.71. The van der Waals surface area contributed by atoms with Gasteiger partial charge >= 0.3 is 6.09 Å². The van der Waals surface area contributed by atoms with Crippen LogP contribution < -0.4 is 11.1 Å². The average Bonchev–Trinajstić information content (AvgIpc) is 3.38. The van der Waals surface area contributed by atoms with Crippen LogP contribution in [0.1, 0.15) is 57.4 Å². The van der Waals surface area contributed by atoms with E-state index in [1.807, 2.05) is 24.3 Å². The van der Waals surface area contributed by atoms with E-state index >= 15 is 0 Å². The van der Waals surface area contributed by atoms with Crippen molar-refractivity contribution in [3.8, 4) is 22.5 Å². The minimum absolute atomic E-state index is 0.00438. The summed E-state index contributed by atoms with van der Waals surface area (Å²) in [7, 11) is 0. The molecule has 0 unspecified atom stereocenters. The zero-order valence-electron chi connectivity index (χ0n) is 23.6. The van der Waals surface area contributed by atoms with E-state index in [-0.39, 0.29) is 41.2 Å². The van der Waals surface area contributed by atoms with Crippen molar-refractivity contribution >= 4 is 17.9 Å². The summed E-state index contributed by atoms with van der Waals surface area (Å²) in [6.45, 7) is 2.83. The van der Waals surface area contributed by atoms with E-state index in [2.05, 4.69) is 20.5 Å². The second kappa shape index (κ2) is 11.0. The monoisotopic (exact) mass is 574 g/mol. The van der Waals surface area contributed by atoms with Crippen LogP contribution in [0.3, 0.4) is 0 Å². The number of nitrogens with one attached hydrogen (secondary N) is 1. The Kier molecular flexibility index (Phi) is 7.40. The number of nitrogens with two attached hydrogens (primary N) is 1. The van der Waals surface area contributed by atoms with Crippen molar-refractivity contribution in [2.24, 2.45) is 11.7 Å². The summed E-state index contributed by atoms with van der Waals surface area (Å²) < 4.78 is 20.0. The molecule has 2 aromatic carbocycles. The summed E-state index contributed by atoms with van der Waals surface area (Å²) in [5.41, 5.74) is 7.55. The van der Waals surface area contributed by atoms with Gasteiger partial charge in [-0.25, -0.2) is 14.2 Å². The van der Waals surface area contributed by atoms with E-state index in [0.717, 1.165) is 31.2 Å². The topological polar surface area (TPSA) is 144 Å². The maximum absolute atomic E-state index is 14.9. The molecule has 2 amide bonds. The molecule has 42 heavy (non-hydrogen) atoms. The van der Waals surface area contributed by atoms with E-state index in [0.29, 0.717) is 43.7 Å². The van der Waals surface area contributed by atoms with Crippen LogP contribution in [-0.2, 0) is 15.1 Å². The summed E-state index contributed by atoms with van der Waals surface area (Å²) in [6, 6.07) is 13.9. The van der Waals surface area contributed by atoms with Crippen LogP contribution in [0.15, 0.2) is 48.5 Å². The number of ether oxygens (including phenoxy) is 1. The van der Waals surface area contributed by atoms with Gasteiger partial charge in [-0.2, -0.15) is 0 Å². The lowest BCUT2D eigenvalue weighted by Gasteiger charge is -2.49. The summed E-state index contributed by atoms with van der Waals surface area (Å²) in [6.07, 6.45) is 4.31. The minimum atomic E-state index is -0.774. The number of hydrogen-bond acceptors (Lipinski definition) is 8. The Morgan fingerprint density at radius 1 is 1.10 bits per heavy atom. The SMILES string of the molecule is CC1(O)CC(N)(c2ccc(-c3nnc(NC(=O)CC4CCC(N5CCOC5=O)CC4)nc3-c3ccccc3F)cc2)C1. The Hall–Kier alpha value is -3.96. The lowest BCUT2D eigenvalue weighted by atomic mass is 9.63. The molecular formula is C31H35FN6O4. The first-order valence-electron chi connectivity index (χ1n) is 14.5. The third-order valence-electron chi connectivity index (χ3n) is 8.72. The summed E-state index contributed by atoms with van der Waals surface area (Å²) in [4.78, 5) is 31.2. The van der Waals surface area contributed by atoms with Gasteiger partial charge in [-0.1, -0.05) is 36.4 Å². The Morgan fingerprint density at radius 2 is 1.81 bits per heavy atom. The number of halogens is 1. The fourth-order valence-electron chi connectivity index (χ4n) is 6.72. The molecule has 2 saturated carbocycles. The molecule has 3 aromatic rings. The van der Waals surface area contributed by atoms with Gasteiger partial charge < -0.3 is 20.5 Å². The molecule has 3 aliphatic rings. The maximum atomic E-state index is 14.9. The van der Waals surface area contributed by atoms with Gasteiger partial charge in [-0.05, 0) is 69.1 Å². The van der Waals surface area contributed by atoms with E-state index < -0.39 is 17.0 Å². The number of aromatic nitrogens is 3. The molecule has 2 heterocycles. The molecule has 1 saturated heterocycles. The highest BCUT2D eigenvalue weighted by Crippen LogP contribution is 2.46. The molecule has 4 N–H and O–H groups in total. The van der Waals surface area contributed by atoms with Gasteiger partial charge in [0.2, 0.25) is 11.9 Å². The fraction of sp³-hybridized carbons (Fsp3) is 0.452. The molecule has 0 radical (unpaired) electrons. The third-order valence-corrected chi connectivity index (χ3v) is 8.72. The van der Waals surface area contributed by atoms with E-state index in [4.69, 9.17) is 10.5 Å². The van der Waals surface area contributed by atoms with Gasteiger partial charge in [0.25, 0.3) is 0 Å². The molecule has 11 heteroatoms. The number of amides is 2. The number of hydrogen-bond donors (Lipinski definition) is 3. The lowest BCUT2D eigenvalue weighted by molar-refractivity contribution is -0.117. The highest BCUT2D eigenvalue weighted by Gasteiger charge is 2.49. The van der Waals surface area contributed by atoms with Crippen molar-refractivity contribution in [3.63, 3.8) is 0 Å². The molecule has 220 valence electrons. The van der Waals surface area contributed by atoms with Crippen LogP contribution in [0.5, 0.6) is 0 Å². The number of nitrogens with zero attached hydrogens (tertiary/aromatic N) is 4. The molecule has 1 aromatic heterocycles. The van der Waals surface area contributed by atoms with Crippen LogP contribution in [0, 0.1) is 11.7 Å². The van der Waals surface area contributed by atoms with Gasteiger partial charge in [-0.3, -0.25) is 10.1 Å². The Labute approximate surface area is 243 Å². The first-order chi connectivity index (χ1) is 20.1. The molecule has 0 bridgehead atoms. The van der Waals surface area contributed by atoms with Crippen molar-refractivity contribution < 1.29 is 23.8 Å². The van der Waals surface area contributed by atoms with Crippen LogP contribution in [0.25, 0.3) is 22.5 Å². The normalized spacial score (nSPS) is 27.3. The number of carbonyl (C=O) groups excluding carboxylic acids is 2. The second-order valence-electron chi connectivity index (χ2n) is 12.1. The van der Waals surface area contributed by atoms with E-state index in [1.54, 1.807) is 30.0 Å². The highest BCUT2D eigenvalue weighted by molar-refractivity contribution is 5.89. The quantitative estimate of drug-likeness (QED) is 0.377. The zero-order chi connectivity index (χ0) is 29.5. The molecule has 6 rings (SSSR count). The van der Waals surface area contributed by atoms with Gasteiger partial charge in [-0.15, -0.1) is 10.2 Å². The standard InChI is InChI=1S/C31H35FN6O4/c1-30(41)17-31(33,18-30)21-10-8-20(9-11-21)26-27(23-4-2-3-5-24(23)32)35-28(37-36-26)34-25(39)16-19-6-12-22(13-7-19)38-14-15-42-29(38)40/h2-5,8-11,19,22,41H,6-7,12-18,33H2,1H3,(H,34,35,37,39). The number of cyclic esters (lactones) is 1. The fourth-order valence-corrected chi connectivity index (χ4v) is 6.72. The molecule has 3 fully saturated rings. The number of rotatable bonds is 7. The molecule has 10 nitrogen and oxygen atoms in total. The number of anilines is 1. The maximum Gasteiger partial charge on any atom is 0.410 e. The van der Waals surface area contributed by atoms with Crippen LogP contribution >= 0.6 is 0 Å². The van der Waals surface area contributed by atoms with E-state index in [9.17, 15) is 19.1 Å². The van der Waals surface area contributed by atoms with Crippen LogP contribution in [0.4, 0.5) is 15.1 Å². The van der Waals surface area contributed by atoms with Gasteiger partial charge in [0.05, 0.1) is 12.1 Å². The second-order valence-corrected chi connectivity index (χ2v) is 12.1. The highest BCUT2D eigenvalue weighted by atomic mass is 19.1. The molecule has 0 spiro atoms. The molecule has 0 atom stereocenters. The van der Waals surface area contributed by atoms with E-state index in [1.165, 1.54) is 6.07 Å². The Bertz CT molecular complexity index is 1480. The average molecular weight is 575 g/mol. The summed E-state index contributed by atoms with van der Waals surface area (Å²) in [5.74, 6) is -0.516. The van der Waals surface area contributed by atoms with Crippen molar-refractivity contribution in [2.75, 3.05) is 18.5 Å². The van der Waals surface area contributed by atoms with Gasteiger partial charge in [0.15, 0.2) is 0 Å².